The van der Waals surface area contributed by atoms with Crippen molar-refractivity contribution in [1.82, 2.24) is 20.5 Å². The molecular formula is C22H27N5O7. The number of carboxylic acid groups (broad SMARTS) is 2. The van der Waals surface area contributed by atoms with E-state index >= 15 is 0 Å². The lowest BCUT2D eigenvalue weighted by Gasteiger charge is -2.29. The maximum Gasteiger partial charge on any atom is 0.326 e. The van der Waals surface area contributed by atoms with Crippen LogP contribution in [0.4, 0.5) is 0 Å². The predicted octanol–water partition coefficient (Wildman–Crippen LogP) is -0.811. The van der Waals surface area contributed by atoms with E-state index in [4.69, 9.17) is 10.8 Å². The zero-order valence-electron chi connectivity index (χ0n) is 18.3. The number of nitrogens with one attached hydrogen (secondary N) is 3. The number of nitrogens with zero attached hydrogens (tertiary/aromatic N) is 1. The molecule has 0 radical (unpaired) electrons. The fourth-order valence-corrected chi connectivity index (χ4v) is 4.12. The summed E-state index contributed by atoms with van der Waals surface area (Å²) in [6.45, 7) is -0.257. The third kappa shape index (κ3) is 5.70. The van der Waals surface area contributed by atoms with Crippen molar-refractivity contribution in [3.05, 3.63) is 36.0 Å². The highest BCUT2D eigenvalue weighted by atomic mass is 16.4. The zero-order chi connectivity index (χ0) is 24.8. The molecule has 3 amide bonds. The number of rotatable bonds is 10. The molecule has 12 nitrogen and oxygen atoms in total. The summed E-state index contributed by atoms with van der Waals surface area (Å²) in [6, 6.07) is 3.76. The van der Waals surface area contributed by atoms with Gasteiger partial charge in [-0.05, 0) is 24.5 Å². The molecule has 7 N–H and O–H groups in total. The van der Waals surface area contributed by atoms with Crippen LogP contribution in [0.5, 0.6) is 0 Å². The Bertz CT molecular complexity index is 1100. The summed E-state index contributed by atoms with van der Waals surface area (Å²) in [5.41, 5.74) is 6.80. The average Bonchev–Trinajstić information content (AvgIpc) is 3.45. The quantitative estimate of drug-likeness (QED) is 0.258. The first kappa shape index (κ1) is 24.7. The van der Waals surface area contributed by atoms with E-state index in [0.717, 1.165) is 10.9 Å². The Labute approximate surface area is 194 Å². The van der Waals surface area contributed by atoms with Crippen LogP contribution in [0.25, 0.3) is 10.9 Å². The minimum absolute atomic E-state index is 0.0277. The molecule has 3 rings (SSSR count). The number of carbonyl (C=O) groups is 5. The number of hydrogen-bond donors (Lipinski definition) is 6. The number of hydrogen-bond acceptors (Lipinski definition) is 6. The van der Waals surface area contributed by atoms with Crippen LogP contribution < -0.4 is 16.4 Å². The maximum absolute atomic E-state index is 13.0. The molecule has 0 saturated carbocycles. The predicted molar refractivity (Wildman–Crippen MR) is 120 cm³/mol. The van der Waals surface area contributed by atoms with E-state index in [1.165, 1.54) is 4.90 Å². The van der Waals surface area contributed by atoms with Crippen LogP contribution in [0.3, 0.4) is 0 Å². The fraction of sp³-hybridized carbons (Fsp3) is 0.409. The third-order valence-corrected chi connectivity index (χ3v) is 5.75. The molecule has 1 aliphatic rings. The van der Waals surface area contributed by atoms with Crippen molar-refractivity contribution in [2.75, 3.05) is 13.1 Å². The van der Waals surface area contributed by atoms with E-state index in [1.807, 2.05) is 24.3 Å². The summed E-state index contributed by atoms with van der Waals surface area (Å²) in [5, 5.41) is 24.4. The summed E-state index contributed by atoms with van der Waals surface area (Å²) in [5.74, 6) is -4.62. The van der Waals surface area contributed by atoms with Crippen LogP contribution in [0.1, 0.15) is 24.8 Å². The van der Waals surface area contributed by atoms with Crippen molar-refractivity contribution in [3.63, 3.8) is 0 Å². The number of aromatic nitrogens is 1. The van der Waals surface area contributed by atoms with Gasteiger partial charge in [-0.25, -0.2) is 4.79 Å². The van der Waals surface area contributed by atoms with Crippen LogP contribution >= 0.6 is 0 Å². The lowest BCUT2D eigenvalue weighted by molar-refractivity contribution is -0.147. The lowest BCUT2D eigenvalue weighted by atomic mass is 10.0. The van der Waals surface area contributed by atoms with Gasteiger partial charge in [-0.1, -0.05) is 18.2 Å². The number of H-pyrrole nitrogens is 1. The van der Waals surface area contributed by atoms with Gasteiger partial charge < -0.3 is 36.5 Å². The minimum Gasteiger partial charge on any atom is -0.481 e. The lowest BCUT2D eigenvalue weighted by Crippen LogP contribution is -2.56. The van der Waals surface area contributed by atoms with E-state index < -0.39 is 60.8 Å². The van der Waals surface area contributed by atoms with E-state index in [-0.39, 0.29) is 19.4 Å². The van der Waals surface area contributed by atoms with Crippen molar-refractivity contribution in [3.8, 4) is 0 Å². The molecule has 12 heteroatoms. The number of fused-ring (bicyclic) bond motifs is 1. The van der Waals surface area contributed by atoms with E-state index in [0.29, 0.717) is 12.0 Å². The summed E-state index contributed by atoms with van der Waals surface area (Å²) in [6.07, 6.45) is 1.79. The Hall–Kier alpha value is -3.93. The normalized spacial score (nSPS) is 17.2. The van der Waals surface area contributed by atoms with Gasteiger partial charge in [0.05, 0.1) is 13.0 Å². The molecule has 3 atom stereocenters. The molecule has 34 heavy (non-hydrogen) atoms. The van der Waals surface area contributed by atoms with Crippen molar-refractivity contribution in [2.45, 2.75) is 43.8 Å². The van der Waals surface area contributed by atoms with Crippen molar-refractivity contribution in [2.24, 2.45) is 5.73 Å². The van der Waals surface area contributed by atoms with Crippen LogP contribution in [0.2, 0.25) is 0 Å². The molecule has 2 aromatic rings. The number of carbonyl (C=O) groups excluding carboxylic acids is 3. The second-order valence-electron chi connectivity index (χ2n) is 8.07. The summed E-state index contributed by atoms with van der Waals surface area (Å²) in [4.78, 5) is 64.9. The summed E-state index contributed by atoms with van der Waals surface area (Å²) in [7, 11) is 0. The van der Waals surface area contributed by atoms with Crippen LogP contribution in [-0.2, 0) is 30.4 Å². The number of nitrogens with two attached hydrogens (primary N) is 1. The van der Waals surface area contributed by atoms with Gasteiger partial charge in [-0.15, -0.1) is 0 Å². The molecular weight excluding hydrogens is 446 g/mol. The molecule has 1 aromatic heterocycles. The molecule has 0 aliphatic carbocycles. The van der Waals surface area contributed by atoms with Gasteiger partial charge in [-0.2, -0.15) is 0 Å². The number of likely N-dealkylation sites (tertiary alicyclic amines) is 1. The van der Waals surface area contributed by atoms with E-state index in [2.05, 4.69) is 15.6 Å². The minimum atomic E-state index is -1.39. The van der Waals surface area contributed by atoms with Gasteiger partial charge >= 0.3 is 11.9 Å². The Morgan fingerprint density at radius 1 is 1.12 bits per heavy atom. The molecule has 1 aromatic carbocycles. The smallest absolute Gasteiger partial charge is 0.326 e. The first-order valence-electron chi connectivity index (χ1n) is 10.8. The van der Waals surface area contributed by atoms with Gasteiger partial charge in [0.2, 0.25) is 17.7 Å². The van der Waals surface area contributed by atoms with Gasteiger partial charge in [0.25, 0.3) is 0 Å². The van der Waals surface area contributed by atoms with E-state index in [9.17, 15) is 29.1 Å². The molecule has 2 heterocycles. The molecule has 0 spiro atoms. The monoisotopic (exact) mass is 473 g/mol. The molecule has 1 aliphatic heterocycles. The number of para-hydroxylation sites is 1. The number of benzene rings is 1. The average molecular weight is 473 g/mol. The first-order valence-corrected chi connectivity index (χ1v) is 10.8. The number of aliphatic carboxylic acids is 2. The number of carboxylic acids is 2. The van der Waals surface area contributed by atoms with Crippen LogP contribution in [0, 0.1) is 0 Å². The summed E-state index contributed by atoms with van der Waals surface area (Å²) >= 11 is 0. The highest BCUT2D eigenvalue weighted by Crippen LogP contribution is 2.21. The molecule has 1 fully saturated rings. The van der Waals surface area contributed by atoms with Crippen molar-refractivity contribution >= 4 is 40.6 Å². The van der Waals surface area contributed by atoms with Crippen LogP contribution in [-0.4, -0.2) is 81.0 Å². The topological polar surface area (TPSA) is 195 Å². The first-order chi connectivity index (χ1) is 16.2. The highest BCUT2D eigenvalue weighted by molar-refractivity contribution is 5.95. The molecule has 182 valence electrons. The zero-order valence-corrected chi connectivity index (χ0v) is 18.3. The number of amides is 3. The van der Waals surface area contributed by atoms with Gasteiger partial charge in [0.15, 0.2) is 0 Å². The van der Waals surface area contributed by atoms with Crippen molar-refractivity contribution < 1.29 is 34.2 Å². The second kappa shape index (κ2) is 10.8. The molecule has 0 bridgehead atoms. The summed E-state index contributed by atoms with van der Waals surface area (Å²) < 4.78 is 0. The van der Waals surface area contributed by atoms with Crippen LogP contribution in [0.15, 0.2) is 30.5 Å². The Kier molecular flexibility index (Phi) is 7.84. The molecule has 3 unspecified atom stereocenters. The van der Waals surface area contributed by atoms with Gasteiger partial charge in [-0.3, -0.25) is 19.2 Å². The Morgan fingerprint density at radius 3 is 2.53 bits per heavy atom. The van der Waals surface area contributed by atoms with Gasteiger partial charge in [0.1, 0.15) is 18.1 Å². The SMILES string of the molecule is NCC(=O)NC(CC(=O)O)C(=O)N1CCCC1C(=O)NC(Cc1c[nH]c2ccccc12)C(=O)O. The van der Waals surface area contributed by atoms with Crippen molar-refractivity contribution in [1.29, 1.82) is 0 Å². The largest absolute Gasteiger partial charge is 0.481 e. The highest BCUT2D eigenvalue weighted by Gasteiger charge is 2.39. The maximum atomic E-state index is 13.0. The second-order valence-corrected chi connectivity index (χ2v) is 8.07. The molecule has 1 saturated heterocycles. The Balaban J connectivity index is 1.73. The Morgan fingerprint density at radius 2 is 1.85 bits per heavy atom. The number of aromatic amines is 1. The third-order valence-electron chi connectivity index (χ3n) is 5.75. The fourth-order valence-electron chi connectivity index (χ4n) is 4.12. The standard InChI is InChI=1S/C22H27N5O7/c23-10-18(28)25-15(9-19(29)30)21(32)27-7-3-6-17(27)20(31)26-16(22(33)34)8-12-11-24-14-5-2-1-4-13(12)14/h1-2,4-5,11,15-17,24H,3,6-10,23H2,(H,25,28)(H,26,31)(H,29,30)(H,33,34). The van der Waals surface area contributed by atoms with E-state index in [1.54, 1.807) is 6.20 Å². The van der Waals surface area contributed by atoms with Gasteiger partial charge in [0, 0.05) is 30.1 Å².